The molecule has 1 heterocycles. The fourth-order valence-electron chi connectivity index (χ4n) is 0.532. The summed E-state index contributed by atoms with van der Waals surface area (Å²) in [6, 6.07) is 0. The Labute approximate surface area is 60.2 Å². The van der Waals surface area contributed by atoms with Crippen LogP contribution in [-0.2, 0) is 0 Å². The molecule has 0 aromatic rings. The molecule has 0 fully saturated rings. The highest BCUT2D eigenvalue weighted by molar-refractivity contribution is 9.73. The topological polar surface area (TPSA) is 0 Å². The number of allylic oxidation sites excluding steroid dienone is 2. The lowest BCUT2D eigenvalue weighted by Gasteiger charge is -1.97. The quantitative estimate of drug-likeness (QED) is 0.454. The summed E-state index contributed by atoms with van der Waals surface area (Å²) < 4.78 is -0.779. The molecule has 0 spiro atoms. The molecule has 40 valence electrons. The van der Waals surface area contributed by atoms with E-state index in [0.717, 1.165) is 0 Å². The Morgan fingerprint density at radius 1 is 1.14 bits per heavy atom. The van der Waals surface area contributed by atoms with E-state index >= 15 is 0 Å². The minimum atomic E-state index is -0.779. The Hall–Kier alpha value is 1.13. The molecule has 0 aliphatic carbocycles. The van der Waals surface area contributed by atoms with Crippen molar-refractivity contribution in [1.82, 2.24) is 0 Å². The first kappa shape index (κ1) is 6.25. The second kappa shape index (κ2) is 2.16. The maximum absolute atomic E-state index is 3.61. The van der Waals surface area contributed by atoms with Gasteiger partial charge in [0.15, 0.2) is 35.6 Å². The third kappa shape index (κ3) is 1.83. The summed E-state index contributed by atoms with van der Waals surface area (Å²) in [6.45, 7) is 0. The van der Waals surface area contributed by atoms with Crippen molar-refractivity contribution in [2.24, 2.45) is 0 Å². The fraction of sp³-hybridized carbons (Fsp3) is 0.500. The molecule has 0 saturated heterocycles. The first-order valence-electron chi connectivity index (χ1n) is 2.12. The van der Waals surface area contributed by atoms with E-state index in [1.54, 1.807) is 0 Å². The average molecular weight is 245 g/mol. The van der Waals surface area contributed by atoms with E-state index in [-0.39, 0.29) is 0 Å². The lowest BCUT2D eigenvalue weighted by atomic mass is 10.6. The summed E-state index contributed by atoms with van der Waals surface area (Å²) >= 11 is 7.22. The van der Waals surface area contributed by atoms with Gasteiger partial charge in [0.25, 0.3) is 0 Å². The largest absolute Gasteiger partial charge is 0.160 e. The molecule has 1 aliphatic heterocycles. The number of hydrogen-bond acceptors (Lipinski definition) is 0. The third-order valence-corrected chi connectivity index (χ3v) is 5.88. The fourth-order valence-corrected chi connectivity index (χ4v) is 3.60. The van der Waals surface area contributed by atoms with Gasteiger partial charge in [-0.25, -0.2) is 0 Å². The van der Waals surface area contributed by atoms with E-state index in [2.05, 4.69) is 43.1 Å². The molecule has 1 rings (SSSR count). The summed E-state index contributed by atoms with van der Waals surface area (Å²) in [5, 5.41) is 0. The molecule has 3 heteroatoms. The zero-order chi connectivity index (χ0) is 5.33. The SMILES string of the molecule is Br[P+]1(Br)CC=CC1. The second-order valence-electron chi connectivity index (χ2n) is 1.60. The third-order valence-electron chi connectivity index (χ3n) is 0.912. The number of halogens is 2. The van der Waals surface area contributed by atoms with Gasteiger partial charge in [0.2, 0.25) is 0 Å². The van der Waals surface area contributed by atoms with Crippen molar-refractivity contribution < 1.29 is 0 Å². The first-order chi connectivity index (χ1) is 3.21. The lowest BCUT2D eigenvalue weighted by Crippen LogP contribution is -1.71. The number of hydrogen-bond donors (Lipinski definition) is 0. The highest BCUT2D eigenvalue weighted by Crippen LogP contribution is 2.75. The average Bonchev–Trinajstić information content (AvgIpc) is 1.84. The van der Waals surface area contributed by atoms with Crippen LogP contribution in [0.3, 0.4) is 0 Å². The van der Waals surface area contributed by atoms with E-state index in [1.807, 2.05) is 0 Å². The summed E-state index contributed by atoms with van der Waals surface area (Å²) in [6.07, 6.45) is 6.87. The van der Waals surface area contributed by atoms with Crippen LogP contribution in [0.5, 0.6) is 0 Å². The predicted octanol–water partition coefficient (Wildman–Crippen LogP) is 3.19. The van der Waals surface area contributed by atoms with Gasteiger partial charge < -0.3 is 0 Å². The van der Waals surface area contributed by atoms with Gasteiger partial charge in [-0.15, -0.1) is 0 Å². The van der Waals surface area contributed by atoms with Gasteiger partial charge in [0.05, 0.1) is 12.3 Å². The van der Waals surface area contributed by atoms with E-state index in [9.17, 15) is 0 Å². The molecule has 7 heavy (non-hydrogen) atoms. The summed E-state index contributed by atoms with van der Waals surface area (Å²) in [5.74, 6) is 0. The van der Waals surface area contributed by atoms with Crippen LogP contribution in [0.2, 0.25) is 0 Å². The Morgan fingerprint density at radius 2 is 1.57 bits per heavy atom. The van der Waals surface area contributed by atoms with Crippen molar-refractivity contribution in [3.63, 3.8) is 0 Å². The zero-order valence-electron chi connectivity index (χ0n) is 3.77. The molecule has 0 unspecified atom stereocenters. The summed E-state index contributed by atoms with van der Waals surface area (Å²) in [5.41, 5.74) is 0. The van der Waals surface area contributed by atoms with Gasteiger partial charge in [-0.1, -0.05) is 0 Å². The van der Waals surface area contributed by atoms with Crippen LogP contribution in [0.15, 0.2) is 12.2 Å². The van der Waals surface area contributed by atoms with Crippen LogP contribution in [-0.4, -0.2) is 12.3 Å². The molecule has 0 aromatic heterocycles. The van der Waals surface area contributed by atoms with Gasteiger partial charge in [-0.3, -0.25) is 0 Å². The monoisotopic (exact) mass is 243 g/mol. The smallest absolute Gasteiger partial charge is 0.0462 e. The van der Waals surface area contributed by atoms with Crippen molar-refractivity contribution in [3.05, 3.63) is 12.2 Å². The molecule has 0 N–H and O–H groups in total. The van der Waals surface area contributed by atoms with E-state index in [1.165, 1.54) is 12.3 Å². The molecule has 1 aliphatic rings. The molecule has 0 atom stereocenters. The van der Waals surface area contributed by atoms with E-state index in [0.29, 0.717) is 0 Å². The lowest BCUT2D eigenvalue weighted by molar-refractivity contribution is 1.78. The standard InChI is InChI=1S/C4H6Br2P/c5-7(6)3-1-2-4-7/h1-2H,3-4H2/q+1. The summed E-state index contributed by atoms with van der Waals surface area (Å²) in [4.78, 5) is 0. The maximum Gasteiger partial charge on any atom is 0.160 e. The van der Waals surface area contributed by atoms with Crippen LogP contribution < -0.4 is 0 Å². The number of rotatable bonds is 0. The summed E-state index contributed by atoms with van der Waals surface area (Å²) in [7, 11) is 0. The van der Waals surface area contributed by atoms with Gasteiger partial charge in [0.1, 0.15) is 0 Å². The Bertz CT molecular complexity index is 87.9. The van der Waals surface area contributed by atoms with E-state index in [4.69, 9.17) is 0 Å². The molecule has 0 saturated carbocycles. The second-order valence-corrected chi connectivity index (χ2v) is 14.9. The van der Waals surface area contributed by atoms with Crippen molar-refractivity contribution in [3.8, 4) is 0 Å². The Kier molecular flexibility index (Phi) is 1.93. The van der Waals surface area contributed by atoms with Crippen LogP contribution >= 0.6 is 35.6 Å². The molecular formula is C4H6Br2P+. The molecule has 0 bridgehead atoms. The molecule has 0 aromatic carbocycles. The Balaban J connectivity index is 2.49. The van der Waals surface area contributed by atoms with Gasteiger partial charge in [0, 0.05) is 0 Å². The molecule has 0 radical (unpaired) electrons. The first-order valence-corrected chi connectivity index (χ1v) is 8.32. The minimum Gasteiger partial charge on any atom is -0.0462 e. The molecular weight excluding hydrogens is 239 g/mol. The zero-order valence-corrected chi connectivity index (χ0v) is 7.84. The minimum absolute atomic E-state index is 0.779. The van der Waals surface area contributed by atoms with Crippen molar-refractivity contribution in [1.29, 1.82) is 0 Å². The van der Waals surface area contributed by atoms with Crippen LogP contribution in [0.25, 0.3) is 0 Å². The maximum atomic E-state index is 3.61. The van der Waals surface area contributed by atoms with Gasteiger partial charge in [-0.05, 0) is 12.2 Å². The van der Waals surface area contributed by atoms with Gasteiger partial charge >= 0.3 is 0 Å². The highest BCUT2D eigenvalue weighted by atomic mass is 79.9. The van der Waals surface area contributed by atoms with Crippen molar-refractivity contribution in [2.45, 2.75) is 0 Å². The molecule has 0 nitrogen and oxygen atoms in total. The van der Waals surface area contributed by atoms with Crippen LogP contribution in [0, 0.1) is 0 Å². The highest BCUT2D eigenvalue weighted by Gasteiger charge is 2.32. The van der Waals surface area contributed by atoms with Crippen molar-refractivity contribution >= 4 is 35.6 Å². The van der Waals surface area contributed by atoms with Crippen LogP contribution in [0.1, 0.15) is 0 Å². The normalized spacial score (nSPS) is 26.0. The Morgan fingerprint density at radius 3 is 1.71 bits per heavy atom. The van der Waals surface area contributed by atoms with Crippen LogP contribution in [0.4, 0.5) is 0 Å². The molecule has 0 amide bonds. The van der Waals surface area contributed by atoms with Gasteiger partial charge in [-0.2, -0.15) is 0 Å². The predicted molar refractivity (Wildman–Crippen MR) is 43.6 cm³/mol. The van der Waals surface area contributed by atoms with E-state index < -0.39 is 4.67 Å². The van der Waals surface area contributed by atoms with Crippen molar-refractivity contribution in [2.75, 3.05) is 12.3 Å².